The smallest absolute Gasteiger partial charge is 0.123 e. The first kappa shape index (κ1) is 11.4. The van der Waals surface area contributed by atoms with Crippen LogP contribution in [-0.2, 0) is 0 Å². The first-order valence-corrected chi connectivity index (χ1v) is 5.26. The second-order valence-electron chi connectivity index (χ2n) is 3.30. The van der Waals surface area contributed by atoms with Crippen LogP contribution in [0, 0.1) is 5.82 Å². The molecule has 0 aliphatic carbocycles. The summed E-state index contributed by atoms with van der Waals surface area (Å²) in [5.41, 5.74) is 0.918. The van der Waals surface area contributed by atoms with Gasteiger partial charge in [-0.15, -0.1) is 0 Å². The Balaban J connectivity index is 2.97. The molecule has 0 amide bonds. The van der Waals surface area contributed by atoms with Crippen molar-refractivity contribution < 1.29 is 9.13 Å². The van der Waals surface area contributed by atoms with E-state index in [2.05, 4.69) is 12.6 Å². The molecule has 0 radical (unpaired) electrons. The maximum absolute atomic E-state index is 13.0. The van der Waals surface area contributed by atoms with Gasteiger partial charge in [0.25, 0.3) is 0 Å². The molecule has 0 aliphatic heterocycles. The second-order valence-corrected chi connectivity index (χ2v) is 3.75. The molecule has 78 valence electrons. The summed E-state index contributed by atoms with van der Waals surface area (Å²) in [6.07, 6.45) is 0.920. The largest absolute Gasteiger partial charge is 0.496 e. The lowest BCUT2D eigenvalue weighted by atomic mass is 9.97. The van der Waals surface area contributed by atoms with Gasteiger partial charge in [-0.1, -0.05) is 6.92 Å². The van der Waals surface area contributed by atoms with Crippen molar-refractivity contribution in [3.8, 4) is 5.75 Å². The Morgan fingerprint density at radius 3 is 2.79 bits per heavy atom. The molecule has 3 heteroatoms. The lowest BCUT2D eigenvalue weighted by molar-refractivity contribution is 0.404. The molecule has 0 heterocycles. The van der Waals surface area contributed by atoms with Crippen molar-refractivity contribution in [1.82, 2.24) is 0 Å². The number of thiol groups is 1. The van der Waals surface area contributed by atoms with Crippen LogP contribution in [0.25, 0.3) is 0 Å². The molecule has 1 nitrogen and oxygen atoms in total. The van der Waals surface area contributed by atoms with E-state index in [0.717, 1.165) is 23.5 Å². The van der Waals surface area contributed by atoms with Gasteiger partial charge in [-0.05, 0) is 41.9 Å². The van der Waals surface area contributed by atoms with Crippen molar-refractivity contribution in [2.24, 2.45) is 0 Å². The van der Waals surface area contributed by atoms with Gasteiger partial charge in [-0.2, -0.15) is 12.6 Å². The van der Waals surface area contributed by atoms with E-state index in [0.29, 0.717) is 0 Å². The van der Waals surface area contributed by atoms with Gasteiger partial charge >= 0.3 is 0 Å². The Kier molecular flexibility index (Phi) is 4.26. The highest BCUT2D eigenvalue weighted by Crippen LogP contribution is 2.29. The third-order valence-corrected chi connectivity index (χ3v) is 2.54. The third-order valence-electron chi connectivity index (χ3n) is 2.28. The maximum Gasteiger partial charge on any atom is 0.123 e. The summed E-state index contributed by atoms with van der Waals surface area (Å²) in [5.74, 6) is 1.60. The predicted octanol–water partition coefficient (Wildman–Crippen LogP) is 3.26. The number of benzene rings is 1. The molecule has 0 fully saturated rings. The summed E-state index contributed by atoms with van der Waals surface area (Å²) in [6, 6.07) is 4.61. The standard InChI is InChI=1S/C11H15FOS/c1-8(5-6-14)10-7-9(12)3-4-11(10)13-2/h3-4,7-8,14H,5-6H2,1-2H3. The zero-order chi connectivity index (χ0) is 10.6. The van der Waals surface area contributed by atoms with Gasteiger partial charge in [0, 0.05) is 0 Å². The van der Waals surface area contributed by atoms with Crippen LogP contribution in [0.3, 0.4) is 0 Å². The van der Waals surface area contributed by atoms with Crippen LogP contribution >= 0.6 is 12.6 Å². The molecule has 0 saturated carbocycles. The topological polar surface area (TPSA) is 9.23 Å². The fourth-order valence-corrected chi connectivity index (χ4v) is 1.83. The zero-order valence-corrected chi connectivity index (χ0v) is 9.35. The molecule has 14 heavy (non-hydrogen) atoms. The molecule has 1 aromatic carbocycles. The van der Waals surface area contributed by atoms with Crippen molar-refractivity contribution in [3.63, 3.8) is 0 Å². The van der Waals surface area contributed by atoms with Crippen molar-refractivity contribution in [1.29, 1.82) is 0 Å². The SMILES string of the molecule is COc1ccc(F)cc1C(C)CCS. The van der Waals surface area contributed by atoms with Crippen LogP contribution in [-0.4, -0.2) is 12.9 Å². The number of methoxy groups -OCH3 is 1. The molecule has 0 N–H and O–H groups in total. The van der Waals surface area contributed by atoms with Crippen LogP contribution in [0.15, 0.2) is 18.2 Å². The normalized spacial score (nSPS) is 12.6. The van der Waals surface area contributed by atoms with Gasteiger partial charge in [-0.3, -0.25) is 0 Å². The molecule has 0 aliphatic rings. The third kappa shape index (κ3) is 2.64. The number of hydrogen-bond acceptors (Lipinski definition) is 2. The Morgan fingerprint density at radius 1 is 1.50 bits per heavy atom. The average molecular weight is 214 g/mol. The van der Waals surface area contributed by atoms with E-state index >= 15 is 0 Å². The quantitative estimate of drug-likeness (QED) is 0.757. The number of rotatable bonds is 4. The Labute approximate surface area is 89.7 Å². The predicted molar refractivity (Wildman–Crippen MR) is 59.8 cm³/mol. The van der Waals surface area contributed by atoms with Gasteiger partial charge in [0.2, 0.25) is 0 Å². The summed E-state index contributed by atoms with van der Waals surface area (Å²) in [5, 5.41) is 0. The van der Waals surface area contributed by atoms with E-state index in [1.165, 1.54) is 12.1 Å². The minimum Gasteiger partial charge on any atom is -0.496 e. The Morgan fingerprint density at radius 2 is 2.21 bits per heavy atom. The van der Waals surface area contributed by atoms with Gasteiger partial charge in [0.1, 0.15) is 11.6 Å². The van der Waals surface area contributed by atoms with E-state index in [9.17, 15) is 4.39 Å². The van der Waals surface area contributed by atoms with E-state index in [1.807, 2.05) is 6.92 Å². The highest BCUT2D eigenvalue weighted by Gasteiger charge is 2.11. The van der Waals surface area contributed by atoms with E-state index < -0.39 is 0 Å². The molecule has 0 saturated heterocycles. The van der Waals surface area contributed by atoms with E-state index in [-0.39, 0.29) is 11.7 Å². The Bertz CT molecular complexity index is 301. The molecule has 0 aromatic heterocycles. The molecule has 0 bridgehead atoms. The number of halogens is 1. The highest BCUT2D eigenvalue weighted by atomic mass is 32.1. The lowest BCUT2D eigenvalue weighted by Gasteiger charge is -2.14. The van der Waals surface area contributed by atoms with Crippen molar-refractivity contribution >= 4 is 12.6 Å². The summed E-state index contributed by atoms with van der Waals surface area (Å²) < 4.78 is 18.2. The van der Waals surface area contributed by atoms with Crippen molar-refractivity contribution in [3.05, 3.63) is 29.6 Å². The van der Waals surface area contributed by atoms with Crippen LogP contribution in [0.1, 0.15) is 24.8 Å². The van der Waals surface area contributed by atoms with Crippen molar-refractivity contribution in [2.75, 3.05) is 12.9 Å². The van der Waals surface area contributed by atoms with Crippen LogP contribution in [0.2, 0.25) is 0 Å². The molecule has 1 unspecified atom stereocenters. The van der Waals surface area contributed by atoms with E-state index in [4.69, 9.17) is 4.74 Å². The molecule has 1 rings (SSSR count). The lowest BCUT2D eigenvalue weighted by Crippen LogP contribution is -1.99. The van der Waals surface area contributed by atoms with Crippen molar-refractivity contribution in [2.45, 2.75) is 19.3 Å². The molecule has 1 aromatic rings. The maximum atomic E-state index is 13.0. The molecule has 1 atom stereocenters. The fraction of sp³-hybridized carbons (Fsp3) is 0.455. The number of hydrogen-bond donors (Lipinski definition) is 1. The van der Waals surface area contributed by atoms with Gasteiger partial charge in [0.05, 0.1) is 7.11 Å². The fourth-order valence-electron chi connectivity index (χ4n) is 1.44. The van der Waals surface area contributed by atoms with Crippen LogP contribution < -0.4 is 4.74 Å². The molecule has 0 spiro atoms. The molecular weight excluding hydrogens is 199 g/mol. The average Bonchev–Trinajstić information content (AvgIpc) is 2.18. The minimum atomic E-state index is -0.216. The molecular formula is C11H15FOS. The monoisotopic (exact) mass is 214 g/mol. The van der Waals surface area contributed by atoms with Gasteiger partial charge in [0.15, 0.2) is 0 Å². The van der Waals surface area contributed by atoms with Gasteiger partial charge < -0.3 is 4.74 Å². The zero-order valence-electron chi connectivity index (χ0n) is 8.46. The van der Waals surface area contributed by atoms with E-state index in [1.54, 1.807) is 13.2 Å². The first-order valence-electron chi connectivity index (χ1n) is 4.63. The Hall–Kier alpha value is -0.700. The van der Waals surface area contributed by atoms with Crippen LogP contribution in [0.5, 0.6) is 5.75 Å². The summed E-state index contributed by atoms with van der Waals surface area (Å²) in [4.78, 5) is 0. The highest BCUT2D eigenvalue weighted by molar-refractivity contribution is 7.80. The second kappa shape index (κ2) is 5.25. The summed E-state index contributed by atoms with van der Waals surface area (Å²) >= 11 is 4.17. The first-order chi connectivity index (χ1) is 6.69. The summed E-state index contributed by atoms with van der Waals surface area (Å²) in [7, 11) is 1.60. The van der Waals surface area contributed by atoms with Gasteiger partial charge in [-0.25, -0.2) is 4.39 Å². The van der Waals surface area contributed by atoms with Crippen LogP contribution in [0.4, 0.5) is 4.39 Å². The minimum absolute atomic E-state index is 0.216. The number of ether oxygens (including phenoxy) is 1. The summed E-state index contributed by atoms with van der Waals surface area (Å²) in [6.45, 7) is 2.05.